The summed E-state index contributed by atoms with van der Waals surface area (Å²) in [6.45, 7) is 10.4. The summed E-state index contributed by atoms with van der Waals surface area (Å²) in [6.07, 6.45) is 2.87. The van der Waals surface area contributed by atoms with Crippen LogP contribution in [0.25, 0.3) is 0 Å². The zero-order valence-electron chi connectivity index (χ0n) is 13.1. The summed E-state index contributed by atoms with van der Waals surface area (Å²) in [5, 5.41) is 3.78. The van der Waals surface area contributed by atoms with Crippen molar-refractivity contribution >= 4 is 0 Å². The molecule has 1 aliphatic heterocycles. The fraction of sp³-hybridized carbons (Fsp3) is 0.667. The fourth-order valence-corrected chi connectivity index (χ4v) is 3.43. The molecule has 0 aromatic heterocycles. The maximum Gasteiger partial charge on any atom is 0.0253 e. The molecule has 2 aliphatic rings. The molecule has 20 heavy (non-hydrogen) atoms. The van der Waals surface area contributed by atoms with E-state index in [-0.39, 0.29) is 0 Å². The van der Waals surface area contributed by atoms with E-state index >= 15 is 0 Å². The van der Waals surface area contributed by atoms with E-state index in [2.05, 4.69) is 55.3 Å². The number of piperazine rings is 1. The lowest BCUT2D eigenvalue weighted by atomic mass is 9.96. The molecule has 0 spiro atoms. The molecule has 1 N–H and O–H groups in total. The van der Waals surface area contributed by atoms with Crippen LogP contribution >= 0.6 is 0 Å². The SMILES string of the molecule is Cc1ccccc1CN1CC(C(C)C)NCC1C1CC1. The van der Waals surface area contributed by atoms with Gasteiger partial charge in [0.05, 0.1) is 0 Å². The normalized spacial score (nSPS) is 28.0. The maximum atomic E-state index is 3.78. The predicted molar refractivity (Wildman–Crippen MR) is 84.7 cm³/mol. The van der Waals surface area contributed by atoms with Crippen molar-refractivity contribution in [3.8, 4) is 0 Å². The van der Waals surface area contributed by atoms with Crippen molar-refractivity contribution < 1.29 is 0 Å². The van der Waals surface area contributed by atoms with Gasteiger partial charge in [0.25, 0.3) is 0 Å². The van der Waals surface area contributed by atoms with E-state index in [0.29, 0.717) is 6.04 Å². The predicted octanol–water partition coefficient (Wildman–Crippen LogP) is 3.20. The highest BCUT2D eigenvalue weighted by Crippen LogP contribution is 2.37. The average molecular weight is 272 g/mol. The lowest BCUT2D eigenvalue weighted by Gasteiger charge is -2.42. The standard InChI is InChI=1S/C18H28N2/c1-13(2)17-12-20(18(10-19-17)15-8-9-15)11-16-7-5-4-6-14(16)3/h4-7,13,15,17-19H,8-12H2,1-3H3. The van der Waals surface area contributed by atoms with Crippen LogP contribution in [-0.4, -0.2) is 30.1 Å². The zero-order valence-corrected chi connectivity index (χ0v) is 13.1. The van der Waals surface area contributed by atoms with Gasteiger partial charge >= 0.3 is 0 Å². The van der Waals surface area contributed by atoms with Crippen LogP contribution in [-0.2, 0) is 6.54 Å². The molecule has 3 rings (SSSR count). The van der Waals surface area contributed by atoms with Gasteiger partial charge in [0, 0.05) is 31.7 Å². The molecular formula is C18H28N2. The first-order valence-corrected chi connectivity index (χ1v) is 8.17. The Kier molecular flexibility index (Phi) is 4.13. The largest absolute Gasteiger partial charge is 0.311 e. The van der Waals surface area contributed by atoms with Crippen molar-refractivity contribution in [2.45, 2.75) is 52.2 Å². The molecule has 2 fully saturated rings. The molecule has 1 saturated heterocycles. The van der Waals surface area contributed by atoms with Crippen molar-refractivity contribution in [2.75, 3.05) is 13.1 Å². The third kappa shape index (κ3) is 3.07. The number of nitrogens with zero attached hydrogens (tertiary/aromatic N) is 1. The van der Waals surface area contributed by atoms with E-state index in [4.69, 9.17) is 0 Å². The van der Waals surface area contributed by atoms with Gasteiger partial charge in [-0.05, 0) is 42.7 Å². The summed E-state index contributed by atoms with van der Waals surface area (Å²) < 4.78 is 0. The topological polar surface area (TPSA) is 15.3 Å². The molecule has 110 valence electrons. The first-order valence-electron chi connectivity index (χ1n) is 8.17. The Balaban J connectivity index is 1.74. The Bertz CT molecular complexity index is 450. The van der Waals surface area contributed by atoms with Crippen molar-refractivity contribution in [3.05, 3.63) is 35.4 Å². The lowest BCUT2D eigenvalue weighted by molar-refractivity contribution is 0.0924. The third-order valence-electron chi connectivity index (χ3n) is 5.09. The summed E-state index contributed by atoms with van der Waals surface area (Å²) in [6, 6.07) is 10.3. The summed E-state index contributed by atoms with van der Waals surface area (Å²) in [5.41, 5.74) is 2.93. The number of benzene rings is 1. The fourth-order valence-electron chi connectivity index (χ4n) is 3.43. The molecule has 0 bridgehead atoms. The minimum atomic E-state index is 0.647. The van der Waals surface area contributed by atoms with Gasteiger partial charge in [0.1, 0.15) is 0 Å². The van der Waals surface area contributed by atoms with Gasteiger partial charge in [-0.15, -0.1) is 0 Å². The Hall–Kier alpha value is -0.860. The van der Waals surface area contributed by atoms with Crippen LogP contribution in [0.1, 0.15) is 37.8 Å². The van der Waals surface area contributed by atoms with E-state index in [0.717, 1.165) is 24.4 Å². The van der Waals surface area contributed by atoms with Crippen molar-refractivity contribution in [2.24, 2.45) is 11.8 Å². The molecule has 2 unspecified atom stereocenters. The first kappa shape index (κ1) is 14.1. The molecule has 1 heterocycles. The third-order valence-corrected chi connectivity index (χ3v) is 5.09. The van der Waals surface area contributed by atoms with Crippen LogP contribution in [0.2, 0.25) is 0 Å². The highest BCUT2D eigenvalue weighted by atomic mass is 15.2. The number of hydrogen-bond donors (Lipinski definition) is 1. The van der Waals surface area contributed by atoms with E-state index in [1.807, 2.05) is 0 Å². The van der Waals surface area contributed by atoms with Gasteiger partial charge in [-0.25, -0.2) is 0 Å². The van der Waals surface area contributed by atoms with Crippen LogP contribution < -0.4 is 5.32 Å². The second kappa shape index (κ2) is 5.87. The van der Waals surface area contributed by atoms with E-state index in [1.165, 1.54) is 37.1 Å². The van der Waals surface area contributed by atoms with Gasteiger partial charge in [0.2, 0.25) is 0 Å². The summed E-state index contributed by atoms with van der Waals surface area (Å²) in [7, 11) is 0. The Morgan fingerprint density at radius 1 is 1.25 bits per heavy atom. The van der Waals surface area contributed by atoms with Gasteiger partial charge < -0.3 is 5.32 Å². The molecule has 1 aromatic carbocycles. The highest BCUT2D eigenvalue weighted by Gasteiger charge is 2.39. The molecule has 2 heteroatoms. The quantitative estimate of drug-likeness (QED) is 0.905. The van der Waals surface area contributed by atoms with Gasteiger partial charge in [0.15, 0.2) is 0 Å². The smallest absolute Gasteiger partial charge is 0.0253 e. The lowest BCUT2D eigenvalue weighted by Crippen LogP contribution is -2.58. The first-order chi connectivity index (χ1) is 9.65. The number of nitrogens with one attached hydrogen (secondary N) is 1. The highest BCUT2D eigenvalue weighted by molar-refractivity contribution is 5.25. The number of hydrogen-bond acceptors (Lipinski definition) is 2. The van der Waals surface area contributed by atoms with Crippen molar-refractivity contribution in [3.63, 3.8) is 0 Å². The van der Waals surface area contributed by atoms with Gasteiger partial charge in [-0.2, -0.15) is 0 Å². The minimum Gasteiger partial charge on any atom is -0.311 e. The monoisotopic (exact) mass is 272 g/mol. The van der Waals surface area contributed by atoms with Crippen LogP contribution in [0.4, 0.5) is 0 Å². The molecule has 1 saturated carbocycles. The molecule has 2 nitrogen and oxygen atoms in total. The van der Waals surface area contributed by atoms with E-state index in [9.17, 15) is 0 Å². The van der Waals surface area contributed by atoms with Crippen molar-refractivity contribution in [1.82, 2.24) is 10.2 Å². The molecular weight excluding hydrogens is 244 g/mol. The summed E-state index contributed by atoms with van der Waals surface area (Å²) in [5.74, 6) is 1.66. The summed E-state index contributed by atoms with van der Waals surface area (Å²) >= 11 is 0. The Morgan fingerprint density at radius 2 is 2.00 bits per heavy atom. The van der Waals surface area contributed by atoms with Gasteiger partial charge in [-0.3, -0.25) is 4.90 Å². The number of aryl methyl sites for hydroxylation is 1. The minimum absolute atomic E-state index is 0.647. The Morgan fingerprint density at radius 3 is 2.65 bits per heavy atom. The number of rotatable bonds is 4. The van der Waals surface area contributed by atoms with Crippen LogP contribution in [0.3, 0.4) is 0 Å². The second-order valence-corrected chi connectivity index (χ2v) is 7.02. The molecule has 2 atom stereocenters. The average Bonchev–Trinajstić information content (AvgIpc) is 3.25. The van der Waals surface area contributed by atoms with E-state index < -0.39 is 0 Å². The van der Waals surface area contributed by atoms with Crippen molar-refractivity contribution in [1.29, 1.82) is 0 Å². The molecule has 1 aromatic rings. The van der Waals surface area contributed by atoms with Crippen LogP contribution in [0.15, 0.2) is 24.3 Å². The summed E-state index contributed by atoms with van der Waals surface area (Å²) in [4.78, 5) is 2.75. The van der Waals surface area contributed by atoms with E-state index in [1.54, 1.807) is 0 Å². The van der Waals surface area contributed by atoms with Crippen LogP contribution in [0.5, 0.6) is 0 Å². The Labute approximate surface area is 123 Å². The second-order valence-electron chi connectivity index (χ2n) is 7.02. The molecule has 0 radical (unpaired) electrons. The van der Waals surface area contributed by atoms with Gasteiger partial charge in [-0.1, -0.05) is 38.1 Å². The molecule has 0 amide bonds. The molecule has 1 aliphatic carbocycles. The van der Waals surface area contributed by atoms with Crippen LogP contribution in [0, 0.1) is 18.8 Å². The maximum absolute atomic E-state index is 3.78. The zero-order chi connectivity index (χ0) is 14.1.